The van der Waals surface area contributed by atoms with Crippen LogP contribution in [0.3, 0.4) is 0 Å². The summed E-state index contributed by atoms with van der Waals surface area (Å²) in [6.45, 7) is 9.53. The minimum absolute atomic E-state index is 0.0379. The normalized spacial score (nSPS) is 21.8. The van der Waals surface area contributed by atoms with Crippen LogP contribution >= 0.6 is 11.8 Å². The number of amides is 2. The second-order valence-electron chi connectivity index (χ2n) is 5.12. The Balaban J connectivity index is 2.50. The maximum absolute atomic E-state index is 12.3. The van der Waals surface area contributed by atoms with Crippen LogP contribution in [0.15, 0.2) is 0 Å². The van der Waals surface area contributed by atoms with Gasteiger partial charge in [0.25, 0.3) is 0 Å². The fourth-order valence-corrected chi connectivity index (χ4v) is 3.84. The Morgan fingerprint density at radius 3 is 2.57 bits per heavy atom. The molecule has 0 radical (unpaired) electrons. The third-order valence-corrected chi connectivity index (χ3v) is 5.11. The number of urea groups is 1. The molecule has 0 aliphatic carbocycles. The molecule has 1 saturated heterocycles. The fraction of sp³-hybridized carbons (Fsp3) is 0.857. The van der Waals surface area contributed by atoms with Crippen LogP contribution in [0.5, 0.6) is 0 Å². The Hall–Kier alpha value is -0.950. The van der Waals surface area contributed by atoms with Gasteiger partial charge in [-0.15, -0.1) is 11.8 Å². The quantitative estimate of drug-likeness (QED) is 0.712. The summed E-state index contributed by atoms with van der Waals surface area (Å²) >= 11 is 1.54. The molecular weight excluding hydrogens is 290 g/mol. The molecule has 1 rings (SSSR count). The van der Waals surface area contributed by atoms with E-state index in [1.165, 1.54) is 4.90 Å². The second kappa shape index (κ2) is 9.15. The van der Waals surface area contributed by atoms with E-state index in [4.69, 9.17) is 0 Å². The minimum atomic E-state index is -0.922. The standard InChI is InChI=1S/C14H27N3O3S/c1-4-8-16(6-3)9-7-15-14(20)17-11(13(18)19)10-21-12(17)5-2/h11-12H,4-10H2,1-3H3,(H,15,20)(H,18,19). The fourth-order valence-electron chi connectivity index (χ4n) is 2.50. The predicted octanol–water partition coefficient (Wildman–Crippen LogP) is 1.67. The molecule has 0 aromatic heterocycles. The molecule has 0 spiro atoms. The van der Waals surface area contributed by atoms with Crippen LogP contribution in [-0.2, 0) is 4.79 Å². The lowest BCUT2D eigenvalue weighted by Gasteiger charge is -2.27. The number of carboxylic acids is 1. The first kappa shape index (κ1) is 18.1. The van der Waals surface area contributed by atoms with E-state index in [-0.39, 0.29) is 11.4 Å². The number of aliphatic carboxylic acids is 1. The van der Waals surface area contributed by atoms with Crippen LogP contribution in [0.1, 0.15) is 33.6 Å². The average molecular weight is 317 g/mol. The Morgan fingerprint density at radius 1 is 1.33 bits per heavy atom. The van der Waals surface area contributed by atoms with Crippen molar-refractivity contribution in [3.8, 4) is 0 Å². The summed E-state index contributed by atoms with van der Waals surface area (Å²) in [6, 6.07) is -0.968. The Labute approximate surface area is 131 Å². The highest BCUT2D eigenvalue weighted by Crippen LogP contribution is 2.31. The van der Waals surface area contributed by atoms with Gasteiger partial charge in [-0.25, -0.2) is 9.59 Å². The zero-order valence-electron chi connectivity index (χ0n) is 13.2. The van der Waals surface area contributed by atoms with Gasteiger partial charge in [-0.05, 0) is 25.9 Å². The van der Waals surface area contributed by atoms with Crippen LogP contribution in [0, 0.1) is 0 Å². The summed E-state index contributed by atoms with van der Waals surface area (Å²) in [4.78, 5) is 27.3. The molecule has 1 heterocycles. The van der Waals surface area contributed by atoms with Crippen molar-refractivity contribution in [1.82, 2.24) is 15.1 Å². The molecule has 122 valence electrons. The van der Waals surface area contributed by atoms with Gasteiger partial charge in [-0.1, -0.05) is 20.8 Å². The van der Waals surface area contributed by atoms with E-state index in [9.17, 15) is 14.7 Å². The first-order chi connectivity index (χ1) is 10.0. The lowest BCUT2D eigenvalue weighted by Crippen LogP contribution is -2.51. The van der Waals surface area contributed by atoms with Gasteiger partial charge < -0.3 is 15.3 Å². The van der Waals surface area contributed by atoms with Gasteiger partial charge in [-0.3, -0.25) is 4.90 Å². The number of rotatable bonds is 8. The van der Waals surface area contributed by atoms with Gasteiger partial charge in [0.05, 0.1) is 5.37 Å². The second-order valence-corrected chi connectivity index (χ2v) is 6.33. The van der Waals surface area contributed by atoms with Gasteiger partial charge >= 0.3 is 12.0 Å². The van der Waals surface area contributed by atoms with Crippen molar-refractivity contribution in [3.63, 3.8) is 0 Å². The van der Waals surface area contributed by atoms with E-state index in [2.05, 4.69) is 24.1 Å². The minimum Gasteiger partial charge on any atom is -0.480 e. The molecule has 1 fully saturated rings. The monoisotopic (exact) mass is 317 g/mol. The smallest absolute Gasteiger partial charge is 0.327 e. The third kappa shape index (κ3) is 5.07. The van der Waals surface area contributed by atoms with E-state index in [0.29, 0.717) is 12.3 Å². The summed E-state index contributed by atoms with van der Waals surface area (Å²) in [5.74, 6) is -0.451. The van der Waals surface area contributed by atoms with Crippen molar-refractivity contribution >= 4 is 23.8 Å². The highest BCUT2D eigenvalue weighted by atomic mass is 32.2. The highest BCUT2D eigenvalue weighted by Gasteiger charge is 2.40. The Bertz CT molecular complexity index is 354. The maximum Gasteiger partial charge on any atom is 0.327 e. The number of nitrogens with zero attached hydrogens (tertiary/aromatic N) is 2. The van der Waals surface area contributed by atoms with Crippen molar-refractivity contribution in [2.75, 3.05) is 31.9 Å². The van der Waals surface area contributed by atoms with Crippen LogP contribution in [0.2, 0.25) is 0 Å². The molecule has 0 aromatic rings. The number of likely N-dealkylation sites (N-methyl/N-ethyl adjacent to an activating group) is 1. The van der Waals surface area contributed by atoms with Crippen LogP contribution in [-0.4, -0.2) is 70.3 Å². The molecule has 21 heavy (non-hydrogen) atoms. The number of nitrogens with one attached hydrogen (secondary N) is 1. The summed E-state index contributed by atoms with van der Waals surface area (Å²) in [5.41, 5.74) is 0. The molecule has 1 aliphatic rings. The van der Waals surface area contributed by atoms with Crippen LogP contribution < -0.4 is 5.32 Å². The molecule has 7 heteroatoms. The third-order valence-electron chi connectivity index (χ3n) is 3.65. The van der Waals surface area contributed by atoms with E-state index in [1.807, 2.05) is 6.92 Å². The molecule has 0 saturated carbocycles. The summed E-state index contributed by atoms with van der Waals surface area (Å²) in [6.07, 6.45) is 1.85. The SMILES string of the molecule is CCCN(CC)CCNC(=O)N1C(CC)SCC1C(=O)O. The molecule has 2 atom stereocenters. The van der Waals surface area contributed by atoms with Gasteiger partial charge in [-0.2, -0.15) is 0 Å². The van der Waals surface area contributed by atoms with Crippen molar-refractivity contribution in [1.29, 1.82) is 0 Å². The molecule has 2 N–H and O–H groups in total. The number of carboxylic acid groups (broad SMARTS) is 1. The highest BCUT2D eigenvalue weighted by molar-refractivity contribution is 8.00. The van der Waals surface area contributed by atoms with Crippen molar-refractivity contribution in [3.05, 3.63) is 0 Å². The lowest BCUT2D eigenvalue weighted by atomic mass is 10.3. The number of carbonyl (C=O) groups excluding carboxylic acids is 1. The number of thioether (sulfide) groups is 1. The van der Waals surface area contributed by atoms with Gasteiger partial charge in [0, 0.05) is 18.8 Å². The number of carbonyl (C=O) groups is 2. The van der Waals surface area contributed by atoms with E-state index >= 15 is 0 Å². The average Bonchev–Trinajstić information content (AvgIpc) is 2.90. The van der Waals surface area contributed by atoms with Gasteiger partial charge in [0.1, 0.15) is 6.04 Å². The Kier molecular flexibility index (Phi) is 7.88. The molecule has 1 aliphatic heterocycles. The van der Waals surface area contributed by atoms with Crippen molar-refractivity contribution < 1.29 is 14.7 Å². The van der Waals surface area contributed by atoms with E-state index in [1.54, 1.807) is 11.8 Å². The van der Waals surface area contributed by atoms with Crippen LogP contribution in [0.25, 0.3) is 0 Å². The predicted molar refractivity (Wildman–Crippen MR) is 85.6 cm³/mol. The van der Waals surface area contributed by atoms with E-state index < -0.39 is 12.0 Å². The number of hydrogen-bond donors (Lipinski definition) is 2. The summed E-state index contributed by atoms with van der Waals surface area (Å²) in [5, 5.41) is 12.1. The summed E-state index contributed by atoms with van der Waals surface area (Å²) < 4.78 is 0. The zero-order chi connectivity index (χ0) is 15.8. The Morgan fingerprint density at radius 2 is 2.05 bits per heavy atom. The summed E-state index contributed by atoms with van der Waals surface area (Å²) in [7, 11) is 0. The largest absolute Gasteiger partial charge is 0.480 e. The van der Waals surface area contributed by atoms with E-state index in [0.717, 1.165) is 32.5 Å². The number of hydrogen-bond acceptors (Lipinski definition) is 4. The topological polar surface area (TPSA) is 72.9 Å². The molecular formula is C14H27N3O3S. The van der Waals surface area contributed by atoms with Gasteiger partial charge in [0.2, 0.25) is 0 Å². The first-order valence-corrected chi connectivity index (χ1v) is 8.72. The molecule has 0 aromatic carbocycles. The lowest BCUT2D eigenvalue weighted by molar-refractivity contribution is -0.141. The zero-order valence-corrected chi connectivity index (χ0v) is 14.0. The first-order valence-electron chi connectivity index (χ1n) is 7.67. The van der Waals surface area contributed by atoms with Crippen LogP contribution in [0.4, 0.5) is 4.79 Å². The molecule has 0 bridgehead atoms. The molecule has 2 amide bonds. The van der Waals surface area contributed by atoms with Crippen molar-refractivity contribution in [2.45, 2.75) is 45.0 Å². The van der Waals surface area contributed by atoms with Gasteiger partial charge in [0.15, 0.2) is 0 Å². The molecule has 6 nitrogen and oxygen atoms in total. The van der Waals surface area contributed by atoms with Crippen molar-refractivity contribution in [2.24, 2.45) is 0 Å². The maximum atomic E-state index is 12.3. The molecule has 2 unspecified atom stereocenters.